The first-order chi connectivity index (χ1) is 13.1. The van der Waals surface area contributed by atoms with Crippen molar-refractivity contribution in [2.24, 2.45) is 0 Å². The van der Waals surface area contributed by atoms with Crippen molar-refractivity contribution in [3.63, 3.8) is 0 Å². The van der Waals surface area contributed by atoms with Gasteiger partial charge in [0.2, 0.25) is 0 Å². The number of benzene rings is 3. The number of amides is 1. The summed E-state index contributed by atoms with van der Waals surface area (Å²) >= 11 is 0. The van der Waals surface area contributed by atoms with Crippen LogP contribution in [0.3, 0.4) is 0 Å². The molecule has 0 atom stereocenters. The van der Waals surface area contributed by atoms with Gasteiger partial charge in [0.15, 0.2) is 6.61 Å². The minimum atomic E-state index is -0.200. The number of anilines is 1. The Morgan fingerprint density at radius 2 is 1.63 bits per heavy atom. The highest BCUT2D eigenvalue weighted by atomic mass is 16.5. The summed E-state index contributed by atoms with van der Waals surface area (Å²) in [6.07, 6.45) is 0. The van der Waals surface area contributed by atoms with Gasteiger partial charge in [0.1, 0.15) is 18.1 Å². The maximum absolute atomic E-state index is 12.1. The molecule has 0 saturated carbocycles. The highest BCUT2D eigenvalue weighted by molar-refractivity contribution is 5.91. The highest BCUT2D eigenvalue weighted by Crippen LogP contribution is 2.20. The second-order valence-electron chi connectivity index (χ2n) is 6.40. The van der Waals surface area contributed by atoms with Crippen LogP contribution in [0.4, 0.5) is 5.69 Å². The summed E-state index contributed by atoms with van der Waals surface area (Å²) in [5, 5.41) is 2.83. The summed E-state index contributed by atoms with van der Waals surface area (Å²) < 4.78 is 11.4. The maximum Gasteiger partial charge on any atom is 0.262 e. The van der Waals surface area contributed by atoms with Crippen LogP contribution >= 0.6 is 0 Å². The predicted octanol–water partition coefficient (Wildman–Crippen LogP) is 4.90. The molecule has 4 heteroatoms. The van der Waals surface area contributed by atoms with Crippen molar-refractivity contribution in [2.75, 3.05) is 11.9 Å². The van der Waals surface area contributed by atoms with E-state index >= 15 is 0 Å². The number of rotatable bonds is 7. The third-order valence-electron chi connectivity index (χ3n) is 4.09. The lowest BCUT2D eigenvalue weighted by molar-refractivity contribution is -0.118. The molecule has 0 unspecified atom stereocenters. The molecule has 0 fully saturated rings. The Kier molecular flexibility index (Phi) is 6.10. The van der Waals surface area contributed by atoms with Crippen molar-refractivity contribution >= 4 is 11.6 Å². The predicted molar refractivity (Wildman–Crippen MR) is 107 cm³/mol. The third-order valence-corrected chi connectivity index (χ3v) is 4.09. The summed E-state index contributed by atoms with van der Waals surface area (Å²) in [5.74, 6) is 1.28. The summed E-state index contributed by atoms with van der Waals surface area (Å²) in [7, 11) is 0. The normalized spacial score (nSPS) is 10.3. The van der Waals surface area contributed by atoms with Crippen LogP contribution in [0.5, 0.6) is 11.5 Å². The Hall–Kier alpha value is -3.27. The Morgan fingerprint density at radius 1 is 0.889 bits per heavy atom. The van der Waals surface area contributed by atoms with Crippen LogP contribution in [-0.2, 0) is 11.4 Å². The van der Waals surface area contributed by atoms with Gasteiger partial charge in [-0.15, -0.1) is 0 Å². The van der Waals surface area contributed by atoms with E-state index in [9.17, 15) is 4.79 Å². The molecular weight excluding hydrogens is 338 g/mol. The minimum absolute atomic E-state index is 0.0312. The van der Waals surface area contributed by atoms with Gasteiger partial charge in [-0.05, 0) is 60.9 Å². The first-order valence-electron chi connectivity index (χ1n) is 8.87. The second kappa shape index (κ2) is 8.90. The molecule has 0 aliphatic heterocycles. The first-order valence-corrected chi connectivity index (χ1v) is 8.87. The quantitative estimate of drug-likeness (QED) is 0.651. The molecule has 0 heterocycles. The van der Waals surface area contributed by atoms with E-state index in [2.05, 4.69) is 5.32 Å². The molecule has 0 aliphatic carbocycles. The summed E-state index contributed by atoms with van der Waals surface area (Å²) in [5.41, 5.74) is 3.92. The molecule has 0 spiro atoms. The van der Waals surface area contributed by atoms with E-state index < -0.39 is 0 Å². The van der Waals surface area contributed by atoms with Crippen LogP contribution in [0.2, 0.25) is 0 Å². The van der Waals surface area contributed by atoms with Gasteiger partial charge in [0, 0.05) is 5.69 Å². The molecule has 0 aromatic heterocycles. The lowest BCUT2D eigenvalue weighted by atomic mass is 10.1. The molecule has 3 aromatic rings. The molecule has 138 valence electrons. The molecule has 27 heavy (non-hydrogen) atoms. The van der Waals surface area contributed by atoms with Crippen LogP contribution in [0.25, 0.3) is 0 Å². The number of carbonyl (C=O) groups excluding carboxylic acids is 1. The number of aryl methyl sites for hydroxylation is 2. The Morgan fingerprint density at radius 3 is 2.37 bits per heavy atom. The van der Waals surface area contributed by atoms with Gasteiger partial charge in [-0.3, -0.25) is 4.79 Å². The number of nitrogens with one attached hydrogen (secondary N) is 1. The first kappa shape index (κ1) is 18.5. The Balaban J connectivity index is 1.48. The number of hydrogen-bond donors (Lipinski definition) is 1. The van der Waals surface area contributed by atoms with Crippen molar-refractivity contribution in [3.8, 4) is 11.5 Å². The van der Waals surface area contributed by atoms with Crippen LogP contribution < -0.4 is 14.8 Å². The molecule has 0 saturated heterocycles. The van der Waals surface area contributed by atoms with E-state index in [0.29, 0.717) is 12.3 Å². The molecule has 3 aromatic carbocycles. The average Bonchev–Trinajstić information content (AvgIpc) is 2.69. The zero-order valence-electron chi connectivity index (χ0n) is 15.6. The fraction of sp³-hybridized carbons (Fsp3) is 0.174. The number of carbonyl (C=O) groups is 1. The van der Waals surface area contributed by atoms with Crippen molar-refractivity contribution in [3.05, 3.63) is 89.5 Å². The summed E-state index contributed by atoms with van der Waals surface area (Å²) in [6, 6.07) is 23.2. The van der Waals surface area contributed by atoms with Gasteiger partial charge in [0.25, 0.3) is 5.91 Å². The van der Waals surface area contributed by atoms with E-state index in [4.69, 9.17) is 9.47 Å². The molecule has 0 bridgehead atoms. The Bertz CT molecular complexity index is 889. The van der Waals surface area contributed by atoms with Crippen molar-refractivity contribution in [2.45, 2.75) is 20.5 Å². The van der Waals surface area contributed by atoms with Gasteiger partial charge in [0.05, 0.1) is 0 Å². The molecule has 1 amide bonds. The fourth-order valence-corrected chi connectivity index (χ4v) is 2.58. The molecular formula is C23H23NO3. The summed E-state index contributed by atoms with van der Waals surface area (Å²) in [6.45, 7) is 4.43. The molecule has 0 aliphatic rings. The van der Waals surface area contributed by atoms with Crippen LogP contribution in [0.1, 0.15) is 16.7 Å². The topological polar surface area (TPSA) is 47.6 Å². The van der Waals surface area contributed by atoms with Crippen LogP contribution in [-0.4, -0.2) is 12.5 Å². The van der Waals surface area contributed by atoms with E-state index in [0.717, 1.165) is 28.2 Å². The van der Waals surface area contributed by atoms with Gasteiger partial charge in [-0.1, -0.05) is 42.5 Å². The van der Waals surface area contributed by atoms with Crippen molar-refractivity contribution in [1.29, 1.82) is 0 Å². The lowest BCUT2D eigenvalue weighted by Crippen LogP contribution is -2.20. The van der Waals surface area contributed by atoms with Gasteiger partial charge in [-0.2, -0.15) is 0 Å². The van der Waals surface area contributed by atoms with Crippen molar-refractivity contribution in [1.82, 2.24) is 0 Å². The smallest absolute Gasteiger partial charge is 0.262 e. The van der Waals surface area contributed by atoms with Crippen LogP contribution in [0.15, 0.2) is 72.8 Å². The zero-order chi connectivity index (χ0) is 19.1. The molecule has 1 N–H and O–H groups in total. The van der Waals surface area contributed by atoms with Crippen LogP contribution in [0, 0.1) is 13.8 Å². The third kappa shape index (κ3) is 5.61. The molecule has 3 rings (SSSR count). The zero-order valence-corrected chi connectivity index (χ0v) is 15.6. The molecule has 4 nitrogen and oxygen atoms in total. The van der Waals surface area contributed by atoms with E-state index in [1.165, 1.54) is 0 Å². The monoisotopic (exact) mass is 361 g/mol. The maximum atomic E-state index is 12.1. The number of hydrogen-bond acceptors (Lipinski definition) is 3. The highest BCUT2D eigenvalue weighted by Gasteiger charge is 2.06. The lowest BCUT2D eigenvalue weighted by Gasteiger charge is -2.11. The largest absolute Gasteiger partial charge is 0.489 e. The van der Waals surface area contributed by atoms with E-state index in [1.54, 1.807) is 0 Å². The number of ether oxygens (including phenoxy) is 2. The van der Waals surface area contributed by atoms with Gasteiger partial charge in [-0.25, -0.2) is 0 Å². The standard InChI is InChI=1S/C23H23NO3/c1-17-8-9-18(2)22(14-17)27-16-23(25)24-20-10-12-21(13-11-20)26-15-19-6-4-3-5-7-19/h3-14H,15-16H2,1-2H3,(H,24,25). The van der Waals surface area contributed by atoms with Crippen molar-refractivity contribution < 1.29 is 14.3 Å². The fourth-order valence-electron chi connectivity index (χ4n) is 2.58. The van der Waals surface area contributed by atoms with E-state index in [1.807, 2.05) is 86.6 Å². The second-order valence-corrected chi connectivity index (χ2v) is 6.40. The van der Waals surface area contributed by atoms with E-state index in [-0.39, 0.29) is 12.5 Å². The average molecular weight is 361 g/mol. The summed E-state index contributed by atoms with van der Waals surface area (Å²) in [4.78, 5) is 12.1. The van der Waals surface area contributed by atoms with Gasteiger partial charge >= 0.3 is 0 Å². The SMILES string of the molecule is Cc1ccc(C)c(OCC(=O)Nc2ccc(OCc3ccccc3)cc2)c1. The molecule has 0 radical (unpaired) electrons. The Labute approximate surface area is 159 Å². The minimum Gasteiger partial charge on any atom is -0.489 e. The van der Waals surface area contributed by atoms with Gasteiger partial charge < -0.3 is 14.8 Å².